The summed E-state index contributed by atoms with van der Waals surface area (Å²) in [6.07, 6.45) is 1.21. The maximum absolute atomic E-state index is 5.66. The molecule has 1 aromatic heterocycles. The Morgan fingerprint density at radius 2 is 2.40 bits per heavy atom. The van der Waals surface area contributed by atoms with Crippen LogP contribution in [0.4, 0.5) is 5.13 Å². The Bertz CT molecular complexity index is 613. The molecule has 2 aromatic rings. The van der Waals surface area contributed by atoms with Crippen LogP contribution in [0.15, 0.2) is 18.2 Å². The molecule has 0 amide bonds. The number of aromatic nitrogens is 1. The Balaban J connectivity index is 1.85. The van der Waals surface area contributed by atoms with Crippen molar-refractivity contribution in [2.75, 3.05) is 18.5 Å². The van der Waals surface area contributed by atoms with E-state index in [1.165, 1.54) is 0 Å². The Hall–Kier alpha value is -1.33. The summed E-state index contributed by atoms with van der Waals surface area (Å²) < 4.78 is 12.3. The topological polar surface area (TPSA) is 43.4 Å². The second-order valence-electron chi connectivity index (χ2n) is 5.39. The lowest BCUT2D eigenvalue weighted by Crippen LogP contribution is -2.41. The molecule has 1 aliphatic heterocycles. The van der Waals surface area contributed by atoms with E-state index >= 15 is 0 Å². The standard InChI is InChI=1S/C15H20N2O2S/c1-4-18-11-5-6-12-13(9-11)20-14(16-12)17-15(3)7-8-19-10(15)2/h5-6,9-10H,4,7-8H2,1-3H3,(H,16,17). The summed E-state index contributed by atoms with van der Waals surface area (Å²) in [6, 6.07) is 6.04. The van der Waals surface area contributed by atoms with E-state index in [-0.39, 0.29) is 11.6 Å². The number of fused-ring (bicyclic) bond motifs is 1. The summed E-state index contributed by atoms with van der Waals surface area (Å²) >= 11 is 1.67. The Labute approximate surface area is 123 Å². The summed E-state index contributed by atoms with van der Waals surface area (Å²) in [7, 11) is 0. The van der Waals surface area contributed by atoms with Gasteiger partial charge in [0.15, 0.2) is 5.13 Å². The first kappa shape index (κ1) is 13.6. The van der Waals surface area contributed by atoms with Gasteiger partial charge < -0.3 is 14.8 Å². The lowest BCUT2D eigenvalue weighted by molar-refractivity contribution is 0.105. The van der Waals surface area contributed by atoms with Crippen LogP contribution >= 0.6 is 11.3 Å². The van der Waals surface area contributed by atoms with Crippen molar-refractivity contribution in [3.8, 4) is 5.75 Å². The molecule has 1 aliphatic rings. The first-order chi connectivity index (χ1) is 9.60. The van der Waals surface area contributed by atoms with Crippen molar-refractivity contribution >= 4 is 26.7 Å². The molecule has 20 heavy (non-hydrogen) atoms. The number of nitrogens with zero attached hydrogens (tertiary/aromatic N) is 1. The molecule has 3 rings (SSSR count). The van der Waals surface area contributed by atoms with Crippen molar-refractivity contribution in [2.45, 2.75) is 38.8 Å². The van der Waals surface area contributed by atoms with Crippen LogP contribution in [0, 0.1) is 0 Å². The molecule has 4 nitrogen and oxygen atoms in total. The van der Waals surface area contributed by atoms with E-state index in [2.05, 4.69) is 30.2 Å². The van der Waals surface area contributed by atoms with Crippen molar-refractivity contribution in [3.63, 3.8) is 0 Å². The van der Waals surface area contributed by atoms with Crippen molar-refractivity contribution in [1.29, 1.82) is 0 Å². The molecule has 5 heteroatoms. The highest BCUT2D eigenvalue weighted by Crippen LogP contribution is 2.34. The molecule has 1 N–H and O–H groups in total. The summed E-state index contributed by atoms with van der Waals surface area (Å²) in [5.41, 5.74) is 0.979. The Morgan fingerprint density at radius 1 is 1.55 bits per heavy atom. The third-order valence-electron chi connectivity index (χ3n) is 3.95. The molecular weight excluding hydrogens is 272 g/mol. The fourth-order valence-corrected chi connectivity index (χ4v) is 3.49. The van der Waals surface area contributed by atoms with Crippen LogP contribution in [0.1, 0.15) is 27.2 Å². The second kappa shape index (κ2) is 5.22. The van der Waals surface area contributed by atoms with E-state index in [1.807, 2.05) is 19.1 Å². The number of hydrogen-bond donors (Lipinski definition) is 1. The van der Waals surface area contributed by atoms with Gasteiger partial charge in [-0.25, -0.2) is 4.98 Å². The number of rotatable bonds is 4. The third kappa shape index (κ3) is 2.47. The highest BCUT2D eigenvalue weighted by atomic mass is 32.1. The zero-order valence-electron chi connectivity index (χ0n) is 12.1. The van der Waals surface area contributed by atoms with Crippen LogP contribution in [0.5, 0.6) is 5.75 Å². The molecule has 1 fully saturated rings. The number of benzene rings is 1. The van der Waals surface area contributed by atoms with Gasteiger partial charge in [-0.2, -0.15) is 0 Å². The molecule has 1 aromatic carbocycles. The first-order valence-corrected chi connectivity index (χ1v) is 7.85. The molecule has 0 spiro atoms. The third-order valence-corrected chi connectivity index (χ3v) is 4.88. The van der Waals surface area contributed by atoms with E-state index in [1.54, 1.807) is 11.3 Å². The summed E-state index contributed by atoms with van der Waals surface area (Å²) in [6.45, 7) is 7.79. The van der Waals surface area contributed by atoms with Gasteiger partial charge in [-0.1, -0.05) is 11.3 Å². The maximum atomic E-state index is 5.66. The lowest BCUT2D eigenvalue weighted by atomic mass is 9.95. The van der Waals surface area contributed by atoms with Gasteiger partial charge in [-0.15, -0.1) is 0 Å². The van der Waals surface area contributed by atoms with Crippen LogP contribution in [-0.4, -0.2) is 29.8 Å². The number of thiazole rings is 1. The van der Waals surface area contributed by atoms with Gasteiger partial charge in [0, 0.05) is 6.61 Å². The van der Waals surface area contributed by atoms with Gasteiger partial charge in [0.05, 0.1) is 28.5 Å². The first-order valence-electron chi connectivity index (χ1n) is 7.04. The predicted octanol–water partition coefficient (Wildman–Crippen LogP) is 3.67. The monoisotopic (exact) mass is 292 g/mol. The molecule has 2 unspecified atom stereocenters. The Kier molecular flexibility index (Phi) is 3.56. The second-order valence-corrected chi connectivity index (χ2v) is 6.42. The van der Waals surface area contributed by atoms with E-state index < -0.39 is 0 Å². The quantitative estimate of drug-likeness (QED) is 0.933. The summed E-state index contributed by atoms with van der Waals surface area (Å²) in [5.74, 6) is 0.902. The Morgan fingerprint density at radius 3 is 3.10 bits per heavy atom. The van der Waals surface area contributed by atoms with E-state index in [4.69, 9.17) is 9.47 Å². The number of anilines is 1. The van der Waals surface area contributed by atoms with Crippen LogP contribution in [-0.2, 0) is 4.74 Å². The molecule has 0 radical (unpaired) electrons. The van der Waals surface area contributed by atoms with Crippen LogP contribution in [0.2, 0.25) is 0 Å². The molecule has 2 heterocycles. The summed E-state index contributed by atoms with van der Waals surface area (Å²) in [5, 5.41) is 4.50. The molecule has 1 saturated heterocycles. The van der Waals surface area contributed by atoms with Crippen LogP contribution < -0.4 is 10.1 Å². The van der Waals surface area contributed by atoms with Crippen molar-refractivity contribution < 1.29 is 9.47 Å². The van der Waals surface area contributed by atoms with Gasteiger partial charge in [0.2, 0.25) is 0 Å². The molecule has 0 bridgehead atoms. The van der Waals surface area contributed by atoms with Gasteiger partial charge >= 0.3 is 0 Å². The fraction of sp³-hybridized carbons (Fsp3) is 0.533. The number of ether oxygens (including phenoxy) is 2. The highest BCUT2D eigenvalue weighted by Gasteiger charge is 2.37. The fourth-order valence-electron chi connectivity index (χ4n) is 2.46. The van der Waals surface area contributed by atoms with Gasteiger partial charge in [0.1, 0.15) is 5.75 Å². The SMILES string of the molecule is CCOc1ccc2nc(NC3(C)CCOC3C)sc2c1. The molecule has 2 atom stereocenters. The smallest absolute Gasteiger partial charge is 0.184 e. The van der Waals surface area contributed by atoms with E-state index in [0.29, 0.717) is 6.61 Å². The lowest BCUT2D eigenvalue weighted by Gasteiger charge is -2.28. The zero-order valence-corrected chi connectivity index (χ0v) is 12.9. The van der Waals surface area contributed by atoms with Gasteiger partial charge in [0.25, 0.3) is 0 Å². The maximum Gasteiger partial charge on any atom is 0.184 e. The van der Waals surface area contributed by atoms with Gasteiger partial charge in [-0.3, -0.25) is 0 Å². The van der Waals surface area contributed by atoms with Crippen molar-refractivity contribution in [1.82, 2.24) is 4.98 Å². The average Bonchev–Trinajstić information content (AvgIpc) is 2.93. The molecule has 0 aliphatic carbocycles. The summed E-state index contributed by atoms with van der Waals surface area (Å²) in [4.78, 5) is 4.65. The molecule has 108 valence electrons. The van der Waals surface area contributed by atoms with E-state index in [9.17, 15) is 0 Å². The number of hydrogen-bond acceptors (Lipinski definition) is 5. The normalized spacial score (nSPS) is 26.1. The minimum atomic E-state index is -0.0311. The highest BCUT2D eigenvalue weighted by molar-refractivity contribution is 7.22. The van der Waals surface area contributed by atoms with Crippen molar-refractivity contribution in [2.24, 2.45) is 0 Å². The van der Waals surface area contributed by atoms with E-state index in [0.717, 1.165) is 34.1 Å². The van der Waals surface area contributed by atoms with Gasteiger partial charge in [-0.05, 0) is 45.4 Å². The molecule has 0 saturated carbocycles. The van der Waals surface area contributed by atoms with Crippen LogP contribution in [0.3, 0.4) is 0 Å². The number of nitrogens with one attached hydrogen (secondary N) is 1. The molecular formula is C15H20N2O2S. The average molecular weight is 292 g/mol. The predicted molar refractivity (Wildman–Crippen MR) is 82.8 cm³/mol. The van der Waals surface area contributed by atoms with Crippen LogP contribution in [0.25, 0.3) is 10.2 Å². The largest absolute Gasteiger partial charge is 0.494 e. The zero-order chi connectivity index (χ0) is 14.2. The minimum Gasteiger partial charge on any atom is -0.494 e. The van der Waals surface area contributed by atoms with Crippen molar-refractivity contribution in [3.05, 3.63) is 18.2 Å². The minimum absolute atomic E-state index is 0.0311.